The van der Waals surface area contributed by atoms with Crippen LogP contribution in [0.1, 0.15) is 50.8 Å². The molecule has 0 aliphatic rings. The van der Waals surface area contributed by atoms with Gasteiger partial charge in [-0.15, -0.1) is 0 Å². The van der Waals surface area contributed by atoms with Gasteiger partial charge in [0, 0.05) is 6.61 Å². The lowest BCUT2D eigenvalue weighted by atomic mass is 10.0. The van der Waals surface area contributed by atoms with Crippen LogP contribution in [0.15, 0.2) is 24.3 Å². The number of hydrogen-bond donors (Lipinski definition) is 1. The summed E-state index contributed by atoms with van der Waals surface area (Å²) >= 11 is 0. The van der Waals surface area contributed by atoms with Crippen LogP contribution in [0, 0.1) is 0 Å². The van der Waals surface area contributed by atoms with E-state index >= 15 is 0 Å². The molecule has 1 aromatic carbocycles. The summed E-state index contributed by atoms with van der Waals surface area (Å²) in [6, 6.07) is 8.49. The summed E-state index contributed by atoms with van der Waals surface area (Å²) in [7, 11) is 0. The maximum absolute atomic E-state index is 6.19. The van der Waals surface area contributed by atoms with Crippen molar-refractivity contribution >= 4 is 0 Å². The van der Waals surface area contributed by atoms with Gasteiger partial charge in [0.15, 0.2) is 0 Å². The van der Waals surface area contributed by atoms with E-state index in [1.165, 1.54) is 5.56 Å². The SMILES string of the molecule is CCCCOC(C)C(N)c1ccc(CC)cc1. The van der Waals surface area contributed by atoms with Crippen molar-refractivity contribution in [1.29, 1.82) is 0 Å². The molecule has 0 saturated heterocycles. The van der Waals surface area contributed by atoms with Gasteiger partial charge in [-0.3, -0.25) is 0 Å². The van der Waals surface area contributed by atoms with E-state index in [1.807, 2.05) is 6.92 Å². The molecule has 0 spiro atoms. The third-order valence-corrected chi connectivity index (χ3v) is 3.16. The van der Waals surface area contributed by atoms with Crippen molar-refractivity contribution in [3.05, 3.63) is 35.4 Å². The highest BCUT2D eigenvalue weighted by Crippen LogP contribution is 2.17. The summed E-state index contributed by atoms with van der Waals surface area (Å²) < 4.78 is 5.73. The maximum Gasteiger partial charge on any atom is 0.0739 e. The Morgan fingerprint density at radius 1 is 1.18 bits per heavy atom. The molecule has 0 bridgehead atoms. The molecule has 2 atom stereocenters. The predicted octanol–water partition coefficient (Wildman–Crippen LogP) is 3.45. The number of unbranched alkanes of at least 4 members (excludes halogenated alkanes) is 1. The highest BCUT2D eigenvalue weighted by Gasteiger charge is 2.14. The van der Waals surface area contributed by atoms with Crippen molar-refractivity contribution in [3.8, 4) is 0 Å². The van der Waals surface area contributed by atoms with Crippen LogP contribution in [0.25, 0.3) is 0 Å². The molecule has 2 unspecified atom stereocenters. The molecule has 2 heteroatoms. The Labute approximate surface area is 105 Å². The second-order valence-corrected chi connectivity index (χ2v) is 4.55. The molecule has 1 aromatic rings. The first-order chi connectivity index (χ1) is 8.19. The van der Waals surface area contributed by atoms with Crippen molar-refractivity contribution in [2.75, 3.05) is 6.61 Å². The fourth-order valence-electron chi connectivity index (χ4n) is 1.76. The fourth-order valence-corrected chi connectivity index (χ4v) is 1.76. The zero-order valence-corrected chi connectivity index (χ0v) is 11.3. The standard InChI is InChI=1S/C15H25NO/c1-4-6-11-17-12(3)15(16)14-9-7-13(5-2)8-10-14/h7-10,12,15H,4-6,11,16H2,1-3H3. The minimum atomic E-state index is -0.0298. The first-order valence-corrected chi connectivity index (χ1v) is 6.65. The second-order valence-electron chi connectivity index (χ2n) is 4.55. The van der Waals surface area contributed by atoms with E-state index < -0.39 is 0 Å². The second kappa shape index (κ2) is 7.46. The predicted molar refractivity (Wildman–Crippen MR) is 73.1 cm³/mol. The van der Waals surface area contributed by atoms with Crippen LogP contribution in [-0.4, -0.2) is 12.7 Å². The van der Waals surface area contributed by atoms with E-state index in [9.17, 15) is 0 Å². The molecule has 2 nitrogen and oxygen atoms in total. The largest absolute Gasteiger partial charge is 0.377 e. The van der Waals surface area contributed by atoms with Gasteiger partial charge in [0.25, 0.3) is 0 Å². The van der Waals surface area contributed by atoms with Crippen molar-refractivity contribution in [2.24, 2.45) is 5.73 Å². The summed E-state index contributed by atoms with van der Waals surface area (Å²) in [5.41, 5.74) is 8.69. The highest BCUT2D eigenvalue weighted by molar-refractivity contribution is 5.25. The molecular weight excluding hydrogens is 210 g/mol. The maximum atomic E-state index is 6.19. The Morgan fingerprint density at radius 2 is 1.82 bits per heavy atom. The molecule has 17 heavy (non-hydrogen) atoms. The van der Waals surface area contributed by atoms with Crippen LogP contribution in [-0.2, 0) is 11.2 Å². The Bertz CT molecular complexity index is 307. The molecule has 0 aliphatic carbocycles. The summed E-state index contributed by atoms with van der Waals surface area (Å²) in [6.45, 7) is 7.18. The minimum absolute atomic E-state index is 0.0298. The van der Waals surface area contributed by atoms with E-state index in [0.29, 0.717) is 0 Å². The van der Waals surface area contributed by atoms with Crippen LogP contribution in [0.4, 0.5) is 0 Å². The van der Waals surface area contributed by atoms with Gasteiger partial charge in [-0.25, -0.2) is 0 Å². The van der Waals surface area contributed by atoms with E-state index in [2.05, 4.69) is 38.1 Å². The monoisotopic (exact) mass is 235 g/mol. The van der Waals surface area contributed by atoms with Gasteiger partial charge in [0.1, 0.15) is 0 Å². The number of ether oxygens (including phenoxy) is 1. The topological polar surface area (TPSA) is 35.2 Å². The van der Waals surface area contributed by atoms with Gasteiger partial charge in [0.2, 0.25) is 0 Å². The fraction of sp³-hybridized carbons (Fsp3) is 0.600. The number of rotatable bonds is 7. The molecule has 0 amide bonds. The molecule has 0 heterocycles. The molecule has 96 valence electrons. The van der Waals surface area contributed by atoms with Crippen molar-refractivity contribution < 1.29 is 4.74 Å². The van der Waals surface area contributed by atoms with Crippen LogP contribution >= 0.6 is 0 Å². The number of benzene rings is 1. The average molecular weight is 235 g/mol. The lowest BCUT2D eigenvalue weighted by Gasteiger charge is -2.21. The van der Waals surface area contributed by atoms with Crippen molar-refractivity contribution in [1.82, 2.24) is 0 Å². The molecule has 0 aliphatic heterocycles. The lowest BCUT2D eigenvalue weighted by Crippen LogP contribution is -2.26. The van der Waals surface area contributed by atoms with E-state index in [-0.39, 0.29) is 12.1 Å². The Balaban J connectivity index is 2.52. The summed E-state index contributed by atoms with van der Waals surface area (Å²) in [5.74, 6) is 0. The van der Waals surface area contributed by atoms with Crippen molar-refractivity contribution in [3.63, 3.8) is 0 Å². The molecule has 0 fully saturated rings. The van der Waals surface area contributed by atoms with Gasteiger partial charge >= 0.3 is 0 Å². The van der Waals surface area contributed by atoms with E-state index in [1.54, 1.807) is 0 Å². The first-order valence-electron chi connectivity index (χ1n) is 6.65. The molecule has 0 radical (unpaired) electrons. The third-order valence-electron chi connectivity index (χ3n) is 3.16. The van der Waals surface area contributed by atoms with Gasteiger partial charge < -0.3 is 10.5 Å². The lowest BCUT2D eigenvalue weighted by molar-refractivity contribution is 0.0462. The Morgan fingerprint density at radius 3 is 2.35 bits per heavy atom. The van der Waals surface area contributed by atoms with Crippen LogP contribution in [0.5, 0.6) is 0 Å². The molecule has 0 saturated carbocycles. The van der Waals surface area contributed by atoms with Gasteiger partial charge in [-0.2, -0.15) is 0 Å². The highest BCUT2D eigenvalue weighted by atomic mass is 16.5. The Hall–Kier alpha value is -0.860. The van der Waals surface area contributed by atoms with Crippen LogP contribution < -0.4 is 5.73 Å². The zero-order chi connectivity index (χ0) is 12.7. The van der Waals surface area contributed by atoms with Crippen molar-refractivity contribution in [2.45, 2.75) is 52.2 Å². The third kappa shape index (κ3) is 4.49. The summed E-state index contributed by atoms with van der Waals surface area (Å²) in [5, 5.41) is 0. The Kier molecular flexibility index (Phi) is 6.23. The molecule has 0 aromatic heterocycles. The number of hydrogen-bond acceptors (Lipinski definition) is 2. The molecule has 2 N–H and O–H groups in total. The van der Waals surface area contributed by atoms with E-state index in [0.717, 1.165) is 31.4 Å². The minimum Gasteiger partial charge on any atom is -0.377 e. The summed E-state index contributed by atoms with van der Waals surface area (Å²) in [6.07, 6.45) is 3.41. The quantitative estimate of drug-likeness (QED) is 0.735. The summed E-state index contributed by atoms with van der Waals surface area (Å²) in [4.78, 5) is 0. The smallest absolute Gasteiger partial charge is 0.0739 e. The number of nitrogens with two attached hydrogens (primary N) is 1. The molecule has 1 rings (SSSR count). The van der Waals surface area contributed by atoms with Gasteiger partial charge in [-0.1, -0.05) is 44.5 Å². The van der Waals surface area contributed by atoms with E-state index in [4.69, 9.17) is 10.5 Å². The average Bonchev–Trinajstić information content (AvgIpc) is 2.38. The number of aryl methyl sites for hydroxylation is 1. The zero-order valence-electron chi connectivity index (χ0n) is 11.3. The molecular formula is C15H25NO. The normalized spacial score (nSPS) is 14.6. The van der Waals surface area contributed by atoms with Crippen LogP contribution in [0.3, 0.4) is 0 Å². The van der Waals surface area contributed by atoms with Crippen LogP contribution in [0.2, 0.25) is 0 Å². The first kappa shape index (κ1) is 14.2. The van der Waals surface area contributed by atoms with Gasteiger partial charge in [0.05, 0.1) is 12.1 Å². The van der Waals surface area contributed by atoms with Gasteiger partial charge in [-0.05, 0) is 30.9 Å².